The van der Waals surface area contributed by atoms with Crippen LogP contribution in [0.4, 0.5) is 4.39 Å². The zero-order chi connectivity index (χ0) is 11.8. The number of halogens is 1. The molecule has 0 heterocycles. The fourth-order valence-corrected chi connectivity index (χ4v) is 2.41. The van der Waals surface area contributed by atoms with Gasteiger partial charge < -0.3 is 0 Å². The molecule has 3 rings (SSSR count). The highest BCUT2D eigenvalue weighted by Gasteiger charge is 2.31. The van der Waals surface area contributed by atoms with E-state index in [1.54, 1.807) is 6.07 Å². The minimum atomic E-state index is -0.342. The van der Waals surface area contributed by atoms with Gasteiger partial charge in [-0.05, 0) is 29.7 Å². The van der Waals surface area contributed by atoms with E-state index in [-0.39, 0.29) is 17.5 Å². The maximum Gasteiger partial charge on any atom is 0.171 e. The number of fused-ring (bicyclic) bond motifs is 1. The number of carbonyl (C=O) groups is 1. The molecular weight excluding hydrogens is 215 g/mol. The summed E-state index contributed by atoms with van der Waals surface area (Å²) >= 11 is 0. The molecule has 84 valence electrons. The third-order valence-corrected chi connectivity index (χ3v) is 3.28. The van der Waals surface area contributed by atoms with Gasteiger partial charge in [-0.3, -0.25) is 4.79 Å². The highest BCUT2D eigenvalue weighted by molar-refractivity contribution is 6.05. The maximum absolute atomic E-state index is 13.1. The lowest BCUT2D eigenvalue weighted by atomic mass is 9.95. The molecule has 0 spiro atoms. The van der Waals surface area contributed by atoms with Gasteiger partial charge in [0, 0.05) is 5.56 Å². The predicted molar refractivity (Wildman–Crippen MR) is 63.6 cm³/mol. The van der Waals surface area contributed by atoms with Crippen molar-refractivity contribution in [1.29, 1.82) is 0 Å². The molecule has 2 aromatic rings. The number of hydrogen-bond donors (Lipinski definition) is 0. The van der Waals surface area contributed by atoms with Crippen LogP contribution >= 0.6 is 0 Å². The fourth-order valence-electron chi connectivity index (χ4n) is 2.41. The summed E-state index contributed by atoms with van der Waals surface area (Å²) in [5, 5.41) is 0. The monoisotopic (exact) mass is 226 g/mol. The van der Waals surface area contributed by atoms with Crippen molar-refractivity contribution in [2.45, 2.75) is 12.3 Å². The van der Waals surface area contributed by atoms with E-state index in [0.29, 0.717) is 12.0 Å². The molecule has 0 aromatic heterocycles. The average molecular weight is 226 g/mol. The predicted octanol–water partition coefficient (Wildman–Crippen LogP) is 3.35. The van der Waals surface area contributed by atoms with Crippen molar-refractivity contribution in [1.82, 2.24) is 0 Å². The first kappa shape index (κ1) is 10.2. The third-order valence-electron chi connectivity index (χ3n) is 3.28. The number of benzene rings is 2. The molecule has 0 amide bonds. The lowest BCUT2D eigenvalue weighted by Gasteiger charge is -2.07. The second kappa shape index (κ2) is 3.81. The van der Waals surface area contributed by atoms with Crippen LogP contribution in [-0.4, -0.2) is 5.78 Å². The Morgan fingerprint density at radius 3 is 2.59 bits per heavy atom. The quantitative estimate of drug-likeness (QED) is 0.728. The summed E-state index contributed by atoms with van der Waals surface area (Å²) in [4.78, 5) is 12.2. The maximum atomic E-state index is 13.1. The second-order valence-corrected chi connectivity index (χ2v) is 4.33. The second-order valence-electron chi connectivity index (χ2n) is 4.33. The number of ketones is 1. The van der Waals surface area contributed by atoms with Crippen LogP contribution in [0.2, 0.25) is 0 Å². The summed E-state index contributed by atoms with van der Waals surface area (Å²) in [5.74, 6) is -0.454. The highest BCUT2D eigenvalue weighted by Crippen LogP contribution is 2.34. The van der Waals surface area contributed by atoms with Gasteiger partial charge >= 0.3 is 0 Å². The molecule has 1 atom stereocenters. The average Bonchev–Trinajstić information content (AvgIpc) is 2.68. The Bertz CT molecular complexity index is 575. The summed E-state index contributed by atoms with van der Waals surface area (Å²) in [7, 11) is 0. The Morgan fingerprint density at radius 2 is 1.82 bits per heavy atom. The van der Waals surface area contributed by atoms with Crippen LogP contribution < -0.4 is 0 Å². The topological polar surface area (TPSA) is 17.1 Å². The van der Waals surface area contributed by atoms with Gasteiger partial charge in [-0.2, -0.15) is 0 Å². The van der Waals surface area contributed by atoms with Crippen LogP contribution in [-0.2, 0) is 6.42 Å². The van der Waals surface area contributed by atoms with Gasteiger partial charge in [0.15, 0.2) is 5.78 Å². The molecule has 1 aliphatic carbocycles. The molecule has 0 aliphatic heterocycles. The van der Waals surface area contributed by atoms with E-state index in [4.69, 9.17) is 0 Å². The van der Waals surface area contributed by atoms with Crippen LogP contribution in [0.5, 0.6) is 0 Å². The summed E-state index contributed by atoms with van der Waals surface area (Å²) in [6, 6.07) is 14.1. The third kappa shape index (κ3) is 1.66. The van der Waals surface area contributed by atoms with Gasteiger partial charge in [0.2, 0.25) is 0 Å². The van der Waals surface area contributed by atoms with Crippen LogP contribution in [0.3, 0.4) is 0 Å². The first-order chi connectivity index (χ1) is 8.25. The van der Waals surface area contributed by atoms with Crippen molar-refractivity contribution in [3.05, 3.63) is 71.0 Å². The largest absolute Gasteiger partial charge is 0.293 e. The molecule has 2 heteroatoms. The molecule has 0 fully saturated rings. The van der Waals surface area contributed by atoms with Crippen molar-refractivity contribution in [2.24, 2.45) is 0 Å². The van der Waals surface area contributed by atoms with Crippen molar-refractivity contribution in [3.63, 3.8) is 0 Å². The van der Waals surface area contributed by atoms with E-state index in [9.17, 15) is 9.18 Å². The Morgan fingerprint density at radius 1 is 1.06 bits per heavy atom. The molecule has 2 aromatic carbocycles. The molecule has 1 aliphatic rings. The van der Waals surface area contributed by atoms with Crippen LogP contribution in [0, 0.1) is 5.82 Å². The van der Waals surface area contributed by atoms with E-state index >= 15 is 0 Å². The van der Waals surface area contributed by atoms with Crippen LogP contribution in [0.25, 0.3) is 0 Å². The normalized spacial score (nSPS) is 18.2. The Kier molecular flexibility index (Phi) is 2.29. The summed E-state index contributed by atoms with van der Waals surface area (Å²) < 4.78 is 13.1. The van der Waals surface area contributed by atoms with Crippen molar-refractivity contribution in [3.8, 4) is 0 Å². The summed E-state index contributed by atoms with van der Waals surface area (Å²) in [6.45, 7) is 0. The first-order valence-electron chi connectivity index (χ1n) is 5.63. The van der Waals surface area contributed by atoms with E-state index < -0.39 is 0 Å². The Labute approximate surface area is 98.9 Å². The fraction of sp³-hybridized carbons (Fsp3) is 0.133. The van der Waals surface area contributed by atoms with Crippen LogP contribution in [0.1, 0.15) is 27.4 Å². The van der Waals surface area contributed by atoms with Gasteiger partial charge in [-0.15, -0.1) is 0 Å². The van der Waals surface area contributed by atoms with E-state index in [1.165, 1.54) is 12.1 Å². The molecule has 0 saturated carbocycles. The molecule has 1 unspecified atom stereocenters. The molecule has 17 heavy (non-hydrogen) atoms. The molecule has 0 bridgehead atoms. The lowest BCUT2D eigenvalue weighted by Crippen LogP contribution is -2.06. The van der Waals surface area contributed by atoms with E-state index in [1.807, 2.05) is 30.3 Å². The number of rotatable bonds is 1. The minimum Gasteiger partial charge on any atom is -0.293 e. The Hall–Kier alpha value is -1.96. The van der Waals surface area contributed by atoms with Gasteiger partial charge in [0.1, 0.15) is 5.82 Å². The molecule has 0 saturated heterocycles. The highest BCUT2D eigenvalue weighted by atomic mass is 19.1. The van der Waals surface area contributed by atoms with E-state index in [0.717, 1.165) is 11.1 Å². The standard InChI is InChI=1S/C15H11FO/c16-12-7-6-11-8-13(15(17)14(11)9-12)10-4-2-1-3-5-10/h1-7,9,13H,8H2. The molecular formula is C15H11FO. The van der Waals surface area contributed by atoms with E-state index in [2.05, 4.69) is 0 Å². The van der Waals surface area contributed by atoms with Gasteiger partial charge in [0.25, 0.3) is 0 Å². The summed E-state index contributed by atoms with van der Waals surface area (Å²) in [6.07, 6.45) is 0.679. The molecule has 0 N–H and O–H groups in total. The zero-order valence-corrected chi connectivity index (χ0v) is 9.19. The molecule has 0 radical (unpaired) electrons. The van der Waals surface area contributed by atoms with Crippen molar-refractivity contribution >= 4 is 5.78 Å². The van der Waals surface area contributed by atoms with Gasteiger partial charge in [-0.25, -0.2) is 4.39 Å². The van der Waals surface area contributed by atoms with Crippen molar-refractivity contribution < 1.29 is 9.18 Å². The van der Waals surface area contributed by atoms with Crippen molar-refractivity contribution in [2.75, 3.05) is 0 Å². The smallest absolute Gasteiger partial charge is 0.171 e. The number of carbonyl (C=O) groups excluding carboxylic acids is 1. The zero-order valence-electron chi connectivity index (χ0n) is 9.19. The number of Topliss-reactive ketones (excluding diaryl/α,β-unsaturated/α-hetero) is 1. The lowest BCUT2D eigenvalue weighted by molar-refractivity contribution is 0.0972. The van der Waals surface area contributed by atoms with Crippen LogP contribution in [0.15, 0.2) is 48.5 Å². The number of hydrogen-bond acceptors (Lipinski definition) is 1. The van der Waals surface area contributed by atoms with Gasteiger partial charge in [-0.1, -0.05) is 36.4 Å². The van der Waals surface area contributed by atoms with Gasteiger partial charge in [0.05, 0.1) is 5.92 Å². The molecule has 1 nitrogen and oxygen atoms in total. The Balaban J connectivity index is 2.02. The first-order valence-corrected chi connectivity index (χ1v) is 5.63. The summed E-state index contributed by atoms with van der Waals surface area (Å²) in [5.41, 5.74) is 2.50. The SMILES string of the molecule is O=C1c2cc(F)ccc2CC1c1ccccc1. The minimum absolute atomic E-state index is 0.0331.